The maximum atomic E-state index is 15.2. The summed E-state index contributed by atoms with van der Waals surface area (Å²) in [5.74, 6) is -0.0831. The van der Waals surface area contributed by atoms with Crippen LogP contribution in [0.2, 0.25) is 0 Å². The highest BCUT2D eigenvalue weighted by Crippen LogP contribution is 2.34. The van der Waals surface area contributed by atoms with Crippen LogP contribution in [-0.4, -0.2) is 31.3 Å². The van der Waals surface area contributed by atoms with E-state index in [9.17, 15) is 0 Å². The third-order valence-corrected chi connectivity index (χ3v) is 4.95. The van der Waals surface area contributed by atoms with Crippen molar-refractivity contribution in [3.63, 3.8) is 0 Å². The van der Waals surface area contributed by atoms with Crippen molar-refractivity contribution in [3.8, 4) is 11.1 Å². The van der Waals surface area contributed by atoms with Crippen LogP contribution in [0.4, 0.5) is 15.9 Å². The van der Waals surface area contributed by atoms with E-state index in [0.29, 0.717) is 16.5 Å². The molecule has 0 unspecified atom stereocenters. The van der Waals surface area contributed by atoms with Crippen LogP contribution >= 0.6 is 0 Å². The Kier molecular flexibility index (Phi) is 4.47. The summed E-state index contributed by atoms with van der Waals surface area (Å²) in [6, 6.07) is 13.5. The Hall–Kier alpha value is -2.66. The van der Waals surface area contributed by atoms with E-state index >= 15 is 4.39 Å². The second-order valence-electron chi connectivity index (χ2n) is 6.54. The number of nitrogens with zero attached hydrogens (tertiary/aromatic N) is 2. The van der Waals surface area contributed by atoms with Gasteiger partial charge < -0.3 is 15.4 Å². The molecule has 26 heavy (non-hydrogen) atoms. The van der Waals surface area contributed by atoms with Crippen molar-refractivity contribution in [1.29, 1.82) is 0 Å². The standard InChI is InChI=1S/C21H22FN3O/c1-2-14-3-8-18-17(13-14)20(22)19(21(23)24-18)15-4-6-16(7-5-15)25-9-11-26-12-10-25/h3-8,13H,2,9-12H2,1H3,(H2,23,24). The van der Waals surface area contributed by atoms with Crippen molar-refractivity contribution >= 4 is 22.4 Å². The first-order valence-electron chi connectivity index (χ1n) is 8.98. The summed E-state index contributed by atoms with van der Waals surface area (Å²) in [4.78, 5) is 6.67. The van der Waals surface area contributed by atoms with Crippen molar-refractivity contribution in [1.82, 2.24) is 4.98 Å². The van der Waals surface area contributed by atoms with Crippen LogP contribution in [0.1, 0.15) is 12.5 Å². The van der Waals surface area contributed by atoms with Gasteiger partial charge in [0.2, 0.25) is 0 Å². The Balaban J connectivity index is 1.75. The fraction of sp³-hybridized carbons (Fsp3) is 0.286. The molecule has 0 radical (unpaired) electrons. The van der Waals surface area contributed by atoms with Crippen LogP contribution < -0.4 is 10.6 Å². The number of fused-ring (bicyclic) bond motifs is 1. The first-order chi connectivity index (χ1) is 12.7. The average Bonchev–Trinajstić information content (AvgIpc) is 2.69. The van der Waals surface area contributed by atoms with Gasteiger partial charge in [-0.15, -0.1) is 0 Å². The summed E-state index contributed by atoms with van der Waals surface area (Å²) in [5.41, 5.74) is 9.99. The van der Waals surface area contributed by atoms with Gasteiger partial charge in [-0.05, 0) is 41.8 Å². The molecule has 1 aliphatic rings. The number of nitrogen functional groups attached to an aromatic ring is 1. The number of aryl methyl sites for hydroxylation is 1. The van der Waals surface area contributed by atoms with Crippen LogP contribution in [0.25, 0.3) is 22.0 Å². The highest BCUT2D eigenvalue weighted by molar-refractivity contribution is 5.90. The van der Waals surface area contributed by atoms with E-state index in [1.807, 2.05) is 42.5 Å². The molecule has 5 heteroatoms. The molecule has 1 saturated heterocycles. The fourth-order valence-corrected chi connectivity index (χ4v) is 3.44. The first-order valence-corrected chi connectivity index (χ1v) is 8.98. The Morgan fingerprint density at radius 1 is 1.12 bits per heavy atom. The Morgan fingerprint density at radius 3 is 2.54 bits per heavy atom. The molecule has 2 N–H and O–H groups in total. The van der Waals surface area contributed by atoms with E-state index in [2.05, 4.69) is 16.8 Å². The lowest BCUT2D eigenvalue weighted by Gasteiger charge is -2.29. The summed E-state index contributed by atoms with van der Waals surface area (Å²) >= 11 is 0. The number of nitrogens with two attached hydrogens (primary N) is 1. The number of hydrogen-bond acceptors (Lipinski definition) is 4. The van der Waals surface area contributed by atoms with Crippen molar-refractivity contribution in [3.05, 3.63) is 53.8 Å². The Bertz CT molecular complexity index is 934. The van der Waals surface area contributed by atoms with Crippen molar-refractivity contribution in [2.24, 2.45) is 0 Å². The number of morpholine rings is 1. The minimum Gasteiger partial charge on any atom is -0.383 e. The number of halogens is 1. The molecule has 2 heterocycles. The quantitative estimate of drug-likeness (QED) is 0.774. The van der Waals surface area contributed by atoms with Crippen molar-refractivity contribution in [2.45, 2.75) is 13.3 Å². The molecule has 0 amide bonds. The fourth-order valence-electron chi connectivity index (χ4n) is 3.44. The molecule has 2 aromatic carbocycles. The SMILES string of the molecule is CCc1ccc2nc(N)c(-c3ccc(N4CCOCC4)cc3)c(F)c2c1. The van der Waals surface area contributed by atoms with Gasteiger partial charge in [0.05, 0.1) is 24.3 Å². The van der Waals surface area contributed by atoms with Crippen molar-refractivity contribution < 1.29 is 9.13 Å². The molecule has 1 aromatic heterocycles. The number of pyridine rings is 1. The zero-order valence-electron chi connectivity index (χ0n) is 14.8. The lowest BCUT2D eigenvalue weighted by molar-refractivity contribution is 0.122. The maximum Gasteiger partial charge on any atom is 0.144 e. The average molecular weight is 351 g/mol. The highest BCUT2D eigenvalue weighted by Gasteiger charge is 2.17. The van der Waals surface area contributed by atoms with E-state index < -0.39 is 0 Å². The molecule has 0 spiro atoms. The van der Waals surface area contributed by atoms with E-state index in [-0.39, 0.29) is 11.6 Å². The molecule has 4 nitrogen and oxygen atoms in total. The lowest BCUT2D eigenvalue weighted by Crippen LogP contribution is -2.36. The van der Waals surface area contributed by atoms with Crippen LogP contribution in [0.5, 0.6) is 0 Å². The van der Waals surface area contributed by atoms with E-state index in [1.165, 1.54) is 0 Å². The van der Waals surface area contributed by atoms with Gasteiger partial charge in [-0.3, -0.25) is 0 Å². The van der Waals surface area contributed by atoms with Crippen LogP contribution in [-0.2, 0) is 11.2 Å². The molecular weight excluding hydrogens is 329 g/mol. The van der Waals surface area contributed by atoms with E-state index in [0.717, 1.165) is 49.5 Å². The van der Waals surface area contributed by atoms with Crippen molar-refractivity contribution in [2.75, 3.05) is 36.9 Å². The third kappa shape index (κ3) is 2.99. The van der Waals surface area contributed by atoms with Gasteiger partial charge in [-0.2, -0.15) is 0 Å². The number of aromatic nitrogens is 1. The zero-order chi connectivity index (χ0) is 18.1. The minimum atomic E-state index is -0.304. The van der Waals surface area contributed by atoms with Crippen LogP contribution in [0.3, 0.4) is 0 Å². The van der Waals surface area contributed by atoms with Gasteiger partial charge in [0.25, 0.3) is 0 Å². The molecule has 0 bridgehead atoms. The second-order valence-corrected chi connectivity index (χ2v) is 6.54. The summed E-state index contributed by atoms with van der Waals surface area (Å²) in [5, 5.41) is 0.519. The monoisotopic (exact) mass is 351 g/mol. The van der Waals surface area contributed by atoms with Gasteiger partial charge >= 0.3 is 0 Å². The summed E-state index contributed by atoms with van der Waals surface area (Å²) < 4.78 is 20.6. The Labute approximate surface area is 152 Å². The summed E-state index contributed by atoms with van der Waals surface area (Å²) in [6.07, 6.45) is 0.851. The van der Waals surface area contributed by atoms with E-state index in [4.69, 9.17) is 10.5 Å². The molecular formula is C21H22FN3O. The smallest absolute Gasteiger partial charge is 0.144 e. The Morgan fingerprint density at radius 2 is 1.85 bits per heavy atom. The first kappa shape index (κ1) is 16.8. The summed E-state index contributed by atoms with van der Waals surface area (Å²) in [6.45, 7) is 5.25. The summed E-state index contributed by atoms with van der Waals surface area (Å²) in [7, 11) is 0. The zero-order valence-corrected chi connectivity index (χ0v) is 14.8. The van der Waals surface area contributed by atoms with Crippen LogP contribution in [0.15, 0.2) is 42.5 Å². The predicted octanol–water partition coefficient (Wildman–Crippen LogP) is 4.02. The van der Waals surface area contributed by atoms with Gasteiger partial charge in [0.1, 0.15) is 11.6 Å². The number of rotatable bonds is 3. The predicted molar refractivity (Wildman–Crippen MR) is 104 cm³/mol. The third-order valence-electron chi connectivity index (χ3n) is 4.95. The molecule has 4 rings (SSSR count). The lowest BCUT2D eigenvalue weighted by atomic mass is 10.0. The highest BCUT2D eigenvalue weighted by atomic mass is 19.1. The number of anilines is 2. The normalized spacial score (nSPS) is 14.8. The number of benzene rings is 2. The van der Waals surface area contributed by atoms with Crippen LogP contribution in [0, 0.1) is 5.82 Å². The molecule has 1 fully saturated rings. The molecule has 134 valence electrons. The molecule has 0 atom stereocenters. The second kappa shape index (κ2) is 6.92. The van der Waals surface area contributed by atoms with Gasteiger partial charge in [0, 0.05) is 24.2 Å². The largest absolute Gasteiger partial charge is 0.383 e. The van der Waals surface area contributed by atoms with Gasteiger partial charge in [-0.25, -0.2) is 9.37 Å². The maximum absolute atomic E-state index is 15.2. The minimum absolute atomic E-state index is 0.221. The molecule has 1 aliphatic heterocycles. The molecule has 0 aliphatic carbocycles. The topological polar surface area (TPSA) is 51.4 Å². The molecule has 0 saturated carbocycles. The van der Waals surface area contributed by atoms with Gasteiger partial charge in [-0.1, -0.05) is 25.1 Å². The van der Waals surface area contributed by atoms with Gasteiger partial charge in [0.15, 0.2) is 0 Å². The number of ether oxygens (including phenoxy) is 1. The van der Waals surface area contributed by atoms with E-state index in [1.54, 1.807) is 0 Å². The number of hydrogen-bond donors (Lipinski definition) is 1. The molecule has 3 aromatic rings.